The number of carbonyl (C=O) groups excluding carboxylic acids is 2. The van der Waals surface area contributed by atoms with Crippen LogP contribution in [0.3, 0.4) is 0 Å². The monoisotopic (exact) mass is 402 g/mol. The second-order valence-corrected chi connectivity index (χ2v) is 6.27. The van der Waals surface area contributed by atoms with Crippen molar-refractivity contribution in [2.75, 3.05) is 19.7 Å². The van der Waals surface area contributed by atoms with Crippen molar-refractivity contribution in [3.63, 3.8) is 0 Å². The van der Waals surface area contributed by atoms with Crippen LogP contribution in [-0.2, 0) is 14.3 Å². The average molecular weight is 402 g/mol. The first-order valence-electron chi connectivity index (χ1n) is 9.13. The topological polar surface area (TPSA) is 105 Å². The highest BCUT2D eigenvalue weighted by Gasteiger charge is 2.28. The van der Waals surface area contributed by atoms with Crippen LogP contribution < -0.4 is 10.6 Å². The number of hydrogen-bond donors (Lipinski definition) is 3. The molecule has 0 saturated carbocycles. The number of ether oxygens (including phenoxy) is 1. The SMILES string of the molecule is O=C(O)C#CCNC(=O)C#CCNC(=O)OCC1c2ccccc2-c2ccccc21. The van der Waals surface area contributed by atoms with Crippen molar-refractivity contribution in [3.05, 3.63) is 59.7 Å². The summed E-state index contributed by atoms with van der Waals surface area (Å²) < 4.78 is 5.36. The maximum Gasteiger partial charge on any atom is 0.407 e. The van der Waals surface area contributed by atoms with Gasteiger partial charge in [-0.3, -0.25) is 4.79 Å². The number of nitrogens with one attached hydrogen (secondary N) is 2. The standard InChI is InChI=1S/C23H18N2O5/c26-21(24-13-6-12-22(27)28)11-5-14-25-23(29)30-15-20-18-9-3-1-7-16(18)17-8-2-4-10-19(17)20/h1-4,7-10,20H,13-15H2,(H,24,26)(H,25,29)(H,27,28). The molecule has 150 valence electrons. The Morgan fingerprint density at radius 2 is 1.43 bits per heavy atom. The summed E-state index contributed by atoms with van der Waals surface area (Å²) in [4.78, 5) is 33.6. The molecule has 0 radical (unpaired) electrons. The van der Waals surface area contributed by atoms with E-state index in [-0.39, 0.29) is 25.6 Å². The Labute approximate surface area is 173 Å². The van der Waals surface area contributed by atoms with Crippen LogP contribution in [0.5, 0.6) is 0 Å². The van der Waals surface area contributed by atoms with Gasteiger partial charge in [-0.25, -0.2) is 9.59 Å². The van der Waals surface area contributed by atoms with Gasteiger partial charge in [-0.2, -0.15) is 0 Å². The van der Waals surface area contributed by atoms with E-state index in [0.29, 0.717) is 0 Å². The minimum absolute atomic E-state index is 0.0353. The Bertz CT molecular complexity index is 1060. The molecule has 3 rings (SSSR count). The van der Waals surface area contributed by atoms with Crippen molar-refractivity contribution in [1.82, 2.24) is 10.6 Å². The molecular weight excluding hydrogens is 384 g/mol. The number of carbonyl (C=O) groups is 3. The number of fused-ring (bicyclic) bond motifs is 3. The first-order chi connectivity index (χ1) is 14.6. The van der Waals surface area contributed by atoms with Crippen molar-refractivity contribution in [2.24, 2.45) is 0 Å². The fourth-order valence-electron chi connectivity index (χ4n) is 3.18. The molecule has 0 unspecified atom stereocenters. The summed E-state index contributed by atoms with van der Waals surface area (Å²) in [6, 6.07) is 16.1. The largest absolute Gasteiger partial charge is 0.472 e. The first-order valence-corrected chi connectivity index (χ1v) is 9.13. The second kappa shape index (κ2) is 9.81. The van der Waals surface area contributed by atoms with Crippen LogP contribution in [0.2, 0.25) is 0 Å². The minimum atomic E-state index is -1.28. The fraction of sp³-hybridized carbons (Fsp3) is 0.174. The molecule has 1 aliphatic carbocycles. The van der Waals surface area contributed by atoms with Crippen molar-refractivity contribution < 1.29 is 24.2 Å². The first kappa shape index (κ1) is 20.5. The molecule has 0 aromatic heterocycles. The Balaban J connectivity index is 1.47. The number of rotatable bonds is 4. The van der Waals surface area contributed by atoms with E-state index >= 15 is 0 Å². The van der Waals surface area contributed by atoms with Crippen LogP contribution in [-0.4, -0.2) is 42.8 Å². The summed E-state index contributed by atoms with van der Waals surface area (Å²) in [6.07, 6.45) is -0.626. The minimum Gasteiger partial charge on any atom is -0.472 e. The smallest absolute Gasteiger partial charge is 0.407 e. The zero-order chi connectivity index (χ0) is 21.3. The van der Waals surface area contributed by atoms with Crippen molar-refractivity contribution in [2.45, 2.75) is 5.92 Å². The molecule has 2 aromatic rings. The number of alkyl carbamates (subject to hydrolysis) is 1. The maximum absolute atomic E-state index is 12.0. The Morgan fingerprint density at radius 1 is 0.867 bits per heavy atom. The summed E-state index contributed by atoms with van der Waals surface area (Å²) in [6.45, 7) is 0.000536. The molecule has 0 spiro atoms. The van der Waals surface area contributed by atoms with Gasteiger partial charge in [0, 0.05) is 11.8 Å². The van der Waals surface area contributed by atoms with E-state index in [9.17, 15) is 14.4 Å². The summed E-state index contributed by atoms with van der Waals surface area (Å²) >= 11 is 0. The van der Waals surface area contributed by atoms with Gasteiger partial charge < -0.3 is 20.5 Å². The molecule has 7 nitrogen and oxygen atoms in total. The number of benzene rings is 2. The summed E-state index contributed by atoms with van der Waals surface area (Å²) in [7, 11) is 0. The van der Waals surface area contributed by atoms with Gasteiger partial charge in [0.1, 0.15) is 6.61 Å². The number of carboxylic acid groups (broad SMARTS) is 1. The van der Waals surface area contributed by atoms with E-state index in [0.717, 1.165) is 22.3 Å². The molecule has 0 atom stereocenters. The third-order valence-corrected chi connectivity index (χ3v) is 4.40. The molecular formula is C23H18N2O5. The Kier molecular flexibility index (Phi) is 6.70. The quantitative estimate of drug-likeness (QED) is 0.676. The summed E-state index contributed by atoms with van der Waals surface area (Å²) in [5.74, 6) is 6.92. The van der Waals surface area contributed by atoms with E-state index in [4.69, 9.17) is 9.84 Å². The Morgan fingerprint density at radius 3 is 2.07 bits per heavy atom. The predicted octanol–water partition coefficient (Wildman–Crippen LogP) is 1.73. The molecule has 0 heterocycles. The third-order valence-electron chi connectivity index (χ3n) is 4.40. The molecule has 1 aliphatic rings. The lowest BCUT2D eigenvalue weighted by Gasteiger charge is -2.14. The van der Waals surface area contributed by atoms with Gasteiger partial charge in [-0.1, -0.05) is 60.4 Å². The zero-order valence-corrected chi connectivity index (χ0v) is 15.9. The van der Waals surface area contributed by atoms with Crippen molar-refractivity contribution in [1.29, 1.82) is 0 Å². The highest BCUT2D eigenvalue weighted by Crippen LogP contribution is 2.44. The van der Waals surface area contributed by atoms with Crippen molar-refractivity contribution >= 4 is 18.0 Å². The predicted molar refractivity (Wildman–Crippen MR) is 109 cm³/mol. The van der Waals surface area contributed by atoms with Gasteiger partial charge in [0.2, 0.25) is 0 Å². The van der Waals surface area contributed by atoms with E-state index in [2.05, 4.69) is 40.5 Å². The van der Waals surface area contributed by atoms with Crippen LogP contribution in [0.1, 0.15) is 17.0 Å². The van der Waals surface area contributed by atoms with Gasteiger partial charge in [-0.05, 0) is 28.2 Å². The third kappa shape index (κ3) is 5.18. The van der Waals surface area contributed by atoms with Crippen LogP contribution in [0.15, 0.2) is 48.5 Å². The molecule has 30 heavy (non-hydrogen) atoms. The average Bonchev–Trinajstić information content (AvgIpc) is 3.06. The Hall–Kier alpha value is -4.23. The lowest BCUT2D eigenvalue weighted by Crippen LogP contribution is -2.27. The van der Waals surface area contributed by atoms with Gasteiger partial charge in [-0.15, -0.1) is 0 Å². The molecule has 0 bridgehead atoms. The molecule has 2 aromatic carbocycles. The van der Waals surface area contributed by atoms with E-state index in [1.165, 1.54) is 0 Å². The van der Waals surface area contributed by atoms with Gasteiger partial charge in [0.25, 0.3) is 5.91 Å². The second-order valence-electron chi connectivity index (χ2n) is 6.27. The van der Waals surface area contributed by atoms with Crippen molar-refractivity contribution in [3.8, 4) is 34.8 Å². The number of carboxylic acids is 1. The molecule has 0 aliphatic heterocycles. The highest BCUT2D eigenvalue weighted by molar-refractivity contribution is 5.94. The number of amides is 2. The van der Waals surface area contributed by atoms with E-state index < -0.39 is 18.0 Å². The molecule has 2 amide bonds. The van der Waals surface area contributed by atoms with Crippen LogP contribution in [0.25, 0.3) is 11.1 Å². The fourth-order valence-corrected chi connectivity index (χ4v) is 3.18. The summed E-state index contributed by atoms with van der Waals surface area (Å²) in [5.41, 5.74) is 4.53. The molecule has 0 fully saturated rings. The number of hydrogen-bond acceptors (Lipinski definition) is 4. The van der Waals surface area contributed by atoms with Gasteiger partial charge >= 0.3 is 12.1 Å². The van der Waals surface area contributed by atoms with E-state index in [1.807, 2.05) is 42.3 Å². The van der Waals surface area contributed by atoms with E-state index in [1.54, 1.807) is 0 Å². The van der Waals surface area contributed by atoms with Crippen LogP contribution >= 0.6 is 0 Å². The highest BCUT2D eigenvalue weighted by atomic mass is 16.5. The summed E-state index contributed by atoms with van der Waals surface area (Å²) in [5, 5.41) is 13.1. The molecule has 0 saturated heterocycles. The zero-order valence-electron chi connectivity index (χ0n) is 15.9. The van der Waals surface area contributed by atoms with Gasteiger partial charge in [0.15, 0.2) is 0 Å². The van der Waals surface area contributed by atoms with Gasteiger partial charge in [0.05, 0.1) is 13.1 Å². The number of aliphatic carboxylic acids is 1. The normalized spacial score (nSPS) is 10.9. The lowest BCUT2D eigenvalue weighted by atomic mass is 9.98. The maximum atomic E-state index is 12.0. The molecule has 3 N–H and O–H groups in total. The van der Waals surface area contributed by atoms with Crippen LogP contribution in [0.4, 0.5) is 4.79 Å². The molecule has 7 heteroatoms. The van der Waals surface area contributed by atoms with Crippen LogP contribution in [0, 0.1) is 23.7 Å². The lowest BCUT2D eigenvalue weighted by molar-refractivity contribution is -0.130.